The molecule has 1 rings (SSSR count). The third kappa shape index (κ3) is 3.32. The molecule has 0 heterocycles. The molecule has 1 atom stereocenters. The van der Waals surface area contributed by atoms with E-state index in [0.29, 0.717) is 5.56 Å². The SMILES string of the molecule is Cc1ccc(C)c(C(=O)NC(C#N)C(C)C)c1. The summed E-state index contributed by atoms with van der Waals surface area (Å²) in [5, 5.41) is 11.7. The van der Waals surface area contributed by atoms with E-state index in [0.717, 1.165) is 11.1 Å². The smallest absolute Gasteiger partial charge is 0.252 e. The molecular weight excluding hydrogens is 212 g/mol. The summed E-state index contributed by atoms with van der Waals surface area (Å²) < 4.78 is 0. The fourth-order valence-corrected chi connectivity index (χ4v) is 1.55. The molecular formula is C14H18N2O. The number of amides is 1. The number of nitriles is 1. The van der Waals surface area contributed by atoms with Crippen molar-refractivity contribution >= 4 is 5.91 Å². The van der Waals surface area contributed by atoms with Gasteiger partial charge in [-0.1, -0.05) is 31.5 Å². The fourth-order valence-electron chi connectivity index (χ4n) is 1.55. The minimum absolute atomic E-state index is 0.106. The van der Waals surface area contributed by atoms with Gasteiger partial charge in [0, 0.05) is 5.56 Å². The zero-order valence-corrected chi connectivity index (χ0v) is 10.7. The Kier molecular flexibility index (Phi) is 4.28. The summed E-state index contributed by atoms with van der Waals surface area (Å²) in [5.41, 5.74) is 2.61. The van der Waals surface area contributed by atoms with Crippen LogP contribution in [0.25, 0.3) is 0 Å². The maximum absolute atomic E-state index is 12.0. The molecule has 3 heteroatoms. The Balaban J connectivity index is 2.90. The van der Waals surface area contributed by atoms with E-state index >= 15 is 0 Å². The molecule has 1 aromatic carbocycles. The number of carbonyl (C=O) groups excluding carboxylic acids is 1. The van der Waals surface area contributed by atoms with Crippen LogP contribution < -0.4 is 5.32 Å². The van der Waals surface area contributed by atoms with Gasteiger partial charge in [-0.25, -0.2) is 0 Å². The van der Waals surface area contributed by atoms with Gasteiger partial charge in [0.15, 0.2) is 0 Å². The van der Waals surface area contributed by atoms with Crippen LogP contribution in [0.1, 0.15) is 35.3 Å². The van der Waals surface area contributed by atoms with Crippen molar-refractivity contribution in [3.8, 4) is 6.07 Å². The quantitative estimate of drug-likeness (QED) is 0.867. The molecule has 0 spiro atoms. The normalized spacial score (nSPS) is 12.0. The Labute approximate surface area is 102 Å². The summed E-state index contributed by atoms with van der Waals surface area (Å²) in [6.07, 6.45) is 0. The van der Waals surface area contributed by atoms with Crippen molar-refractivity contribution in [1.29, 1.82) is 5.26 Å². The summed E-state index contributed by atoms with van der Waals surface area (Å²) in [6.45, 7) is 7.67. The Hall–Kier alpha value is -1.82. The molecule has 0 bridgehead atoms. The van der Waals surface area contributed by atoms with E-state index in [1.54, 1.807) is 0 Å². The Morgan fingerprint density at radius 2 is 2.00 bits per heavy atom. The number of rotatable bonds is 3. The summed E-state index contributed by atoms with van der Waals surface area (Å²) in [6, 6.07) is 7.39. The molecule has 0 saturated heterocycles. The van der Waals surface area contributed by atoms with Crippen LogP contribution >= 0.6 is 0 Å². The molecule has 17 heavy (non-hydrogen) atoms. The highest BCUT2D eigenvalue weighted by atomic mass is 16.1. The molecule has 3 nitrogen and oxygen atoms in total. The van der Waals surface area contributed by atoms with Crippen molar-refractivity contribution in [2.75, 3.05) is 0 Å². The highest BCUT2D eigenvalue weighted by molar-refractivity contribution is 5.96. The van der Waals surface area contributed by atoms with E-state index in [2.05, 4.69) is 11.4 Å². The van der Waals surface area contributed by atoms with Crippen LogP contribution in [0.15, 0.2) is 18.2 Å². The van der Waals surface area contributed by atoms with E-state index in [1.807, 2.05) is 45.9 Å². The van der Waals surface area contributed by atoms with Gasteiger partial charge in [0.25, 0.3) is 5.91 Å². The number of hydrogen-bond donors (Lipinski definition) is 1. The summed E-state index contributed by atoms with van der Waals surface area (Å²) in [7, 11) is 0. The van der Waals surface area contributed by atoms with Crippen LogP contribution in [-0.4, -0.2) is 11.9 Å². The topological polar surface area (TPSA) is 52.9 Å². The number of nitrogens with zero attached hydrogens (tertiary/aromatic N) is 1. The lowest BCUT2D eigenvalue weighted by atomic mass is 10.0. The van der Waals surface area contributed by atoms with Gasteiger partial charge in [-0.3, -0.25) is 4.79 Å². The predicted molar refractivity (Wildman–Crippen MR) is 67.6 cm³/mol. The first kappa shape index (κ1) is 13.2. The van der Waals surface area contributed by atoms with Gasteiger partial charge < -0.3 is 5.32 Å². The maximum atomic E-state index is 12.0. The Bertz CT molecular complexity index is 458. The second-order valence-corrected chi connectivity index (χ2v) is 4.64. The van der Waals surface area contributed by atoms with Crippen LogP contribution in [0.2, 0.25) is 0 Å². The molecule has 1 N–H and O–H groups in total. The average Bonchev–Trinajstić information content (AvgIpc) is 2.28. The monoisotopic (exact) mass is 230 g/mol. The summed E-state index contributed by atoms with van der Waals surface area (Å²) in [5.74, 6) is -0.0690. The lowest BCUT2D eigenvalue weighted by molar-refractivity contribution is 0.0937. The third-order valence-corrected chi connectivity index (χ3v) is 2.73. The zero-order chi connectivity index (χ0) is 13.0. The van der Waals surface area contributed by atoms with Crippen LogP contribution in [-0.2, 0) is 0 Å². The molecule has 1 unspecified atom stereocenters. The van der Waals surface area contributed by atoms with Crippen LogP contribution in [0.5, 0.6) is 0 Å². The Morgan fingerprint density at radius 1 is 1.35 bits per heavy atom. The van der Waals surface area contributed by atoms with Crippen molar-refractivity contribution in [3.05, 3.63) is 34.9 Å². The van der Waals surface area contributed by atoms with E-state index in [1.165, 1.54) is 0 Å². The average molecular weight is 230 g/mol. The second-order valence-electron chi connectivity index (χ2n) is 4.64. The van der Waals surface area contributed by atoms with Crippen LogP contribution in [0.3, 0.4) is 0 Å². The molecule has 0 aromatic heterocycles. The van der Waals surface area contributed by atoms with Gasteiger partial charge in [0.1, 0.15) is 6.04 Å². The fraction of sp³-hybridized carbons (Fsp3) is 0.429. The first-order valence-corrected chi connectivity index (χ1v) is 5.73. The van der Waals surface area contributed by atoms with Crippen LogP contribution in [0.4, 0.5) is 0 Å². The second kappa shape index (κ2) is 5.49. The van der Waals surface area contributed by atoms with Crippen molar-refractivity contribution in [1.82, 2.24) is 5.32 Å². The van der Waals surface area contributed by atoms with E-state index in [9.17, 15) is 4.79 Å². The third-order valence-electron chi connectivity index (χ3n) is 2.73. The van der Waals surface area contributed by atoms with Gasteiger partial charge in [-0.05, 0) is 31.4 Å². The molecule has 0 aliphatic heterocycles. The molecule has 1 aromatic rings. The predicted octanol–water partition coefficient (Wildman–Crippen LogP) is 2.58. The van der Waals surface area contributed by atoms with Crippen molar-refractivity contribution in [3.63, 3.8) is 0 Å². The van der Waals surface area contributed by atoms with Gasteiger partial charge in [0.05, 0.1) is 6.07 Å². The van der Waals surface area contributed by atoms with Gasteiger partial charge in [0.2, 0.25) is 0 Å². The number of aryl methyl sites for hydroxylation is 2. The number of carbonyl (C=O) groups is 1. The lowest BCUT2D eigenvalue weighted by Crippen LogP contribution is -2.37. The Morgan fingerprint density at radius 3 is 2.53 bits per heavy atom. The number of nitrogens with one attached hydrogen (secondary N) is 1. The van der Waals surface area contributed by atoms with Crippen LogP contribution in [0, 0.1) is 31.1 Å². The van der Waals surface area contributed by atoms with E-state index in [4.69, 9.17) is 5.26 Å². The van der Waals surface area contributed by atoms with E-state index in [-0.39, 0.29) is 11.8 Å². The largest absolute Gasteiger partial charge is 0.336 e. The highest BCUT2D eigenvalue weighted by Gasteiger charge is 2.17. The van der Waals surface area contributed by atoms with Crippen molar-refractivity contribution in [2.24, 2.45) is 5.92 Å². The molecule has 90 valence electrons. The number of hydrogen-bond acceptors (Lipinski definition) is 2. The van der Waals surface area contributed by atoms with Gasteiger partial charge >= 0.3 is 0 Å². The lowest BCUT2D eigenvalue weighted by Gasteiger charge is -2.16. The standard InChI is InChI=1S/C14H18N2O/c1-9(2)13(8-15)16-14(17)12-7-10(3)5-6-11(12)4/h5-7,9,13H,1-4H3,(H,16,17). The summed E-state index contributed by atoms with van der Waals surface area (Å²) in [4.78, 5) is 12.0. The van der Waals surface area contributed by atoms with Crippen molar-refractivity contribution in [2.45, 2.75) is 33.7 Å². The molecule has 0 radical (unpaired) electrons. The number of benzene rings is 1. The zero-order valence-electron chi connectivity index (χ0n) is 10.7. The van der Waals surface area contributed by atoms with Crippen molar-refractivity contribution < 1.29 is 4.79 Å². The minimum atomic E-state index is -0.442. The molecule has 0 fully saturated rings. The molecule has 0 aliphatic carbocycles. The summed E-state index contributed by atoms with van der Waals surface area (Å²) >= 11 is 0. The van der Waals surface area contributed by atoms with E-state index < -0.39 is 6.04 Å². The highest BCUT2D eigenvalue weighted by Crippen LogP contribution is 2.11. The molecule has 0 saturated carbocycles. The van der Waals surface area contributed by atoms with Gasteiger partial charge in [-0.2, -0.15) is 5.26 Å². The first-order valence-electron chi connectivity index (χ1n) is 5.73. The minimum Gasteiger partial charge on any atom is -0.336 e. The molecule has 1 amide bonds. The van der Waals surface area contributed by atoms with Gasteiger partial charge in [-0.15, -0.1) is 0 Å². The first-order chi connectivity index (χ1) is 7.95. The maximum Gasteiger partial charge on any atom is 0.252 e. The molecule has 0 aliphatic rings.